The Hall–Kier alpha value is -6.35. The molecule has 9 aromatic rings. The number of nitrogens with zero attached hydrogens (tertiary/aromatic N) is 3. The first-order chi connectivity index (χ1) is 28.5. The minimum Gasteiger partial charge on any atom is -0.507 e. The molecular weight excluding hydrogens is 878 g/mol. The van der Waals surface area contributed by atoms with E-state index in [0.29, 0.717) is 16.9 Å². The first-order valence-corrected chi connectivity index (χ1v) is 18.7. The topological polar surface area (TPSA) is 50.9 Å². The molecule has 0 aliphatic carbocycles. The Bertz CT molecular complexity index is 3010. The van der Waals surface area contributed by atoms with Gasteiger partial charge in [-0.1, -0.05) is 143 Å². The molecule has 280 valence electrons. The second kappa shape index (κ2) is 15.7. The van der Waals surface area contributed by atoms with Crippen molar-refractivity contribution in [3.63, 3.8) is 0 Å². The van der Waals surface area contributed by atoms with Crippen molar-refractivity contribution in [3.8, 4) is 78.6 Å². The third kappa shape index (κ3) is 7.25. The van der Waals surface area contributed by atoms with Crippen LogP contribution in [0.2, 0.25) is 0 Å². The number of pyridine rings is 1. The first kappa shape index (κ1) is 33.9. The van der Waals surface area contributed by atoms with Gasteiger partial charge in [0.1, 0.15) is 11.6 Å². The molecular formula is C52H40N3OPt-. The van der Waals surface area contributed by atoms with E-state index in [9.17, 15) is 5.11 Å². The van der Waals surface area contributed by atoms with Crippen molar-refractivity contribution < 1.29 is 30.3 Å². The molecule has 0 unspecified atom stereocenters. The van der Waals surface area contributed by atoms with Crippen LogP contribution < -0.4 is 0 Å². The van der Waals surface area contributed by atoms with Crippen LogP contribution in [-0.4, -0.2) is 19.6 Å². The minimum absolute atomic E-state index is 0. The van der Waals surface area contributed by atoms with Crippen LogP contribution in [0, 0.1) is 33.7 Å². The number of fused-ring (bicyclic) bond motifs is 1. The van der Waals surface area contributed by atoms with E-state index in [0.717, 1.165) is 78.1 Å². The molecule has 0 radical (unpaired) electrons. The summed E-state index contributed by atoms with van der Waals surface area (Å²) in [5, 5.41) is 11.7. The fourth-order valence-electron chi connectivity index (χ4n) is 7.61. The fraction of sp³-hybridized carbons (Fsp3) is 0.0769. The summed E-state index contributed by atoms with van der Waals surface area (Å²) in [6, 6.07) is 56.0. The van der Waals surface area contributed by atoms with E-state index in [4.69, 9.17) is 14.1 Å². The largest absolute Gasteiger partial charge is 0.507 e. The van der Waals surface area contributed by atoms with Gasteiger partial charge in [0.2, 0.25) is 0 Å². The SMILES string of the molecule is [2H]C([2H])([2H])c1ccc(-n2c(-c3cc(C)cc(C)c3O)nc3c(-c4[c-]c(-c5cc(-c6ccc(C)cc6)ccn5)cc(-c5ccccc5)c4)cccc32)c(-c2ccccc2)c1.[Pt]. The van der Waals surface area contributed by atoms with Gasteiger partial charge in [0.15, 0.2) is 0 Å². The molecule has 4 nitrogen and oxygen atoms in total. The smallest absolute Gasteiger partial charge is 0.148 e. The molecule has 0 spiro atoms. The van der Waals surface area contributed by atoms with Gasteiger partial charge in [-0.25, -0.2) is 4.98 Å². The van der Waals surface area contributed by atoms with Crippen molar-refractivity contribution in [2.45, 2.75) is 27.6 Å². The molecule has 7 aromatic carbocycles. The molecule has 0 fully saturated rings. The number of para-hydroxylation sites is 1. The van der Waals surface area contributed by atoms with E-state index < -0.39 is 6.85 Å². The van der Waals surface area contributed by atoms with Crippen molar-refractivity contribution in [2.24, 2.45) is 0 Å². The zero-order valence-corrected chi connectivity index (χ0v) is 34.0. The quantitative estimate of drug-likeness (QED) is 0.162. The maximum Gasteiger partial charge on any atom is 0.148 e. The van der Waals surface area contributed by atoms with Crippen molar-refractivity contribution >= 4 is 11.0 Å². The number of hydrogen-bond donors (Lipinski definition) is 1. The standard InChI is InChI=1S/C52H40N3O.Pt/c1-33-18-21-38(22-19-33)40-24-25-53-47(32-40)43-30-41(37-12-7-5-8-13-37)29-42(31-43)44-16-11-17-49-50(44)54-52(46-28-35(3)26-36(4)51(46)56)55(49)48-23-20-34(2)27-45(48)39-14-9-6-10-15-39;/h5-30,32,56H,1-4H3;/q-1;/i2D3;. The number of hydrogen-bond acceptors (Lipinski definition) is 3. The van der Waals surface area contributed by atoms with Gasteiger partial charge in [-0.3, -0.25) is 9.55 Å². The Morgan fingerprint density at radius 2 is 1.25 bits per heavy atom. The predicted octanol–water partition coefficient (Wildman–Crippen LogP) is 13.2. The molecule has 2 heterocycles. The molecule has 0 aliphatic heterocycles. The predicted molar refractivity (Wildman–Crippen MR) is 231 cm³/mol. The number of aromatic hydroxyl groups is 1. The maximum atomic E-state index is 11.7. The zero-order valence-electron chi connectivity index (χ0n) is 34.7. The summed E-state index contributed by atoms with van der Waals surface area (Å²) in [7, 11) is 0. The third-order valence-electron chi connectivity index (χ3n) is 10.4. The Morgan fingerprint density at radius 3 is 2.00 bits per heavy atom. The van der Waals surface area contributed by atoms with Crippen LogP contribution in [0.25, 0.3) is 83.9 Å². The molecule has 0 saturated carbocycles. The van der Waals surface area contributed by atoms with Gasteiger partial charge < -0.3 is 5.11 Å². The van der Waals surface area contributed by atoms with E-state index in [1.54, 1.807) is 12.1 Å². The Morgan fingerprint density at radius 1 is 0.561 bits per heavy atom. The number of benzene rings is 7. The van der Waals surface area contributed by atoms with Gasteiger partial charge in [-0.2, -0.15) is 0 Å². The number of phenols is 1. The van der Waals surface area contributed by atoms with E-state index in [2.05, 4.69) is 73.7 Å². The first-order valence-electron chi connectivity index (χ1n) is 20.2. The molecule has 0 saturated heterocycles. The Labute approximate surface area is 352 Å². The van der Waals surface area contributed by atoms with Crippen LogP contribution in [0.1, 0.15) is 26.4 Å². The Balaban J connectivity index is 0.00000499. The molecule has 2 aromatic heterocycles. The fourth-order valence-corrected chi connectivity index (χ4v) is 7.61. The molecule has 1 N–H and O–H groups in total. The summed E-state index contributed by atoms with van der Waals surface area (Å²) >= 11 is 0. The molecule has 0 aliphatic rings. The third-order valence-corrected chi connectivity index (χ3v) is 10.4. The van der Waals surface area contributed by atoms with E-state index in [1.807, 2.05) is 110 Å². The molecule has 0 atom stereocenters. The van der Waals surface area contributed by atoms with Crippen molar-refractivity contribution in [1.29, 1.82) is 0 Å². The van der Waals surface area contributed by atoms with Crippen LogP contribution in [0.5, 0.6) is 5.75 Å². The summed E-state index contributed by atoms with van der Waals surface area (Å²) < 4.78 is 26.9. The molecule has 9 rings (SSSR count). The Kier molecular flexibility index (Phi) is 9.32. The van der Waals surface area contributed by atoms with E-state index in [-0.39, 0.29) is 32.4 Å². The average molecular weight is 921 g/mol. The normalized spacial score (nSPS) is 12.1. The van der Waals surface area contributed by atoms with Crippen molar-refractivity contribution in [3.05, 3.63) is 192 Å². The average Bonchev–Trinajstić information content (AvgIpc) is 3.64. The number of aromatic nitrogens is 3. The second-order valence-electron chi connectivity index (χ2n) is 14.4. The number of rotatable bonds is 7. The maximum absolute atomic E-state index is 11.7. The summed E-state index contributed by atoms with van der Waals surface area (Å²) in [5.74, 6) is 0.663. The summed E-state index contributed by atoms with van der Waals surface area (Å²) in [4.78, 5) is 10.3. The van der Waals surface area contributed by atoms with Crippen LogP contribution in [0.4, 0.5) is 0 Å². The van der Waals surface area contributed by atoms with Gasteiger partial charge >= 0.3 is 0 Å². The van der Waals surface area contributed by atoms with Crippen LogP contribution in [0.3, 0.4) is 0 Å². The summed E-state index contributed by atoms with van der Waals surface area (Å²) in [6.45, 7) is 3.66. The van der Waals surface area contributed by atoms with E-state index in [1.165, 1.54) is 5.56 Å². The second-order valence-corrected chi connectivity index (χ2v) is 14.4. The molecule has 57 heavy (non-hydrogen) atoms. The minimum atomic E-state index is -2.31. The van der Waals surface area contributed by atoms with Gasteiger partial charge in [-0.05, 0) is 91.3 Å². The van der Waals surface area contributed by atoms with Crippen LogP contribution >= 0.6 is 0 Å². The van der Waals surface area contributed by atoms with Crippen molar-refractivity contribution in [1.82, 2.24) is 14.5 Å². The zero-order chi connectivity index (χ0) is 40.8. The number of phenolic OH excluding ortho intramolecular Hbond substituents is 1. The van der Waals surface area contributed by atoms with Crippen molar-refractivity contribution in [2.75, 3.05) is 0 Å². The molecule has 0 bridgehead atoms. The number of imidazole rings is 1. The summed E-state index contributed by atoms with van der Waals surface area (Å²) in [6.07, 6.45) is 1.85. The monoisotopic (exact) mass is 920 g/mol. The van der Waals surface area contributed by atoms with E-state index >= 15 is 0 Å². The van der Waals surface area contributed by atoms with Gasteiger partial charge in [0, 0.05) is 42.6 Å². The molecule has 5 heteroatoms. The number of aryl methyl sites for hydroxylation is 4. The molecule has 0 amide bonds. The van der Waals surface area contributed by atoms with Crippen LogP contribution in [0.15, 0.2) is 164 Å². The van der Waals surface area contributed by atoms with Gasteiger partial charge in [0.05, 0.1) is 22.3 Å². The van der Waals surface area contributed by atoms with Gasteiger partial charge in [0.25, 0.3) is 0 Å². The summed E-state index contributed by atoms with van der Waals surface area (Å²) in [5.41, 5.74) is 15.1. The van der Waals surface area contributed by atoms with Crippen LogP contribution in [-0.2, 0) is 21.1 Å². The van der Waals surface area contributed by atoms with Gasteiger partial charge in [-0.15, -0.1) is 23.8 Å².